The Balaban J connectivity index is 2.44. The Morgan fingerprint density at radius 1 is 1.50 bits per heavy atom. The van der Waals surface area contributed by atoms with Crippen molar-refractivity contribution in [2.75, 3.05) is 13.7 Å². The van der Waals surface area contributed by atoms with Crippen LogP contribution in [0.2, 0.25) is 0 Å². The highest BCUT2D eigenvalue weighted by Crippen LogP contribution is 2.43. The molecule has 0 bridgehead atoms. The molecule has 1 aromatic rings. The number of carbonyl (C=O) groups excluding carboxylic acids is 1. The van der Waals surface area contributed by atoms with Gasteiger partial charge in [-0.05, 0) is 5.56 Å². The third kappa shape index (κ3) is 2.30. The number of rotatable bonds is 3. The van der Waals surface area contributed by atoms with Gasteiger partial charge in [0.1, 0.15) is 0 Å². The number of esters is 1. The second-order valence-electron chi connectivity index (χ2n) is 4.70. The van der Waals surface area contributed by atoms with Crippen LogP contribution in [-0.4, -0.2) is 30.1 Å². The van der Waals surface area contributed by atoms with Crippen LogP contribution >= 0.6 is 0 Å². The number of hydrogen-bond donors (Lipinski definition) is 0. The third-order valence-electron chi connectivity index (χ3n) is 3.54. The molecule has 1 saturated heterocycles. The molecule has 0 saturated carbocycles. The van der Waals surface area contributed by atoms with Crippen LogP contribution in [0.3, 0.4) is 0 Å². The minimum atomic E-state index is -1.48. The predicted molar refractivity (Wildman–Crippen MR) is 70.6 cm³/mol. The maximum absolute atomic E-state index is 11.5. The van der Waals surface area contributed by atoms with Gasteiger partial charge in [-0.3, -0.25) is 10.1 Å². The van der Waals surface area contributed by atoms with E-state index in [9.17, 15) is 14.9 Å². The average molecular weight is 277 g/mol. The lowest BCUT2D eigenvalue weighted by Gasteiger charge is -2.22. The molecule has 0 unspecified atom stereocenters. The number of hydrogen-bond acceptors (Lipinski definition) is 5. The highest BCUT2D eigenvalue weighted by molar-refractivity contribution is 5.83. The second kappa shape index (κ2) is 5.42. The van der Waals surface area contributed by atoms with Crippen molar-refractivity contribution in [2.24, 2.45) is 0 Å². The Morgan fingerprint density at radius 2 is 2.15 bits per heavy atom. The molecule has 2 rings (SSSR count). The van der Waals surface area contributed by atoms with Gasteiger partial charge in [0.2, 0.25) is 0 Å². The summed E-state index contributed by atoms with van der Waals surface area (Å²) in [6.07, 6.45) is 0.417. The van der Waals surface area contributed by atoms with Crippen LogP contribution in [0.25, 0.3) is 0 Å². The van der Waals surface area contributed by atoms with Gasteiger partial charge in [-0.15, -0.1) is 0 Å². The van der Waals surface area contributed by atoms with Gasteiger partial charge in [0.05, 0.1) is 13.7 Å². The Morgan fingerprint density at radius 3 is 2.70 bits per heavy atom. The van der Waals surface area contributed by atoms with Gasteiger partial charge in [-0.1, -0.05) is 30.3 Å². The van der Waals surface area contributed by atoms with E-state index in [4.69, 9.17) is 4.74 Å². The zero-order valence-electron chi connectivity index (χ0n) is 11.2. The molecule has 6 nitrogen and oxygen atoms in total. The summed E-state index contributed by atoms with van der Waals surface area (Å²) < 4.78 is 10.1. The van der Waals surface area contributed by atoms with Gasteiger partial charge in [0, 0.05) is 23.5 Å². The summed E-state index contributed by atoms with van der Waals surface area (Å²) >= 11 is 0. The molecular weight excluding hydrogens is 262 g/mol. The van der Waals surface area contributed by atoms with Gasteiger partial charge in [0.15, 0.2) is 6.10 Å². The van der Waals surface area contributed by atoms with E-state index in [0.717, 1.165) is 6.08 Å². The van der Waals surface area contributed by atoms with Gasteiger partial charge in [0.25, 0.3) is 5.54 Å². The number of nitrogens with zero attached hydrogens (tertiary/aromatic N) is 1. The fourth-order valence-corrected chi connectivity index (χ4v) is 2.30. The van der Waals surface area contributed by atoms with Crippen LogP contribution in [-0.2, 0) is 14.3 Å². The molecule has 0 amide bonds. The predicted octanol–water partition coefficient (Wildman–Crippen LogP) is 1.89. The molecule has 2 atom stereocenters. The molecule has 1 aliphatic heterocycles. The van der Waals surface area contributed by atoms with Crippen molar-refractivity contribution in [1.29, 1.82) is 0 Å². The van der Waals surface area contributed by atoms with Crippen molar-refractivity contribution in [3.8, 4) is 0 Å². The molecule has 1 aromatic carbocycles. The lowest BCUT2D eigenvalue weighted by molar-refractivity contribution is -0.561. The monoisotopic (exact) mass is 277 g/mol. The quantitative estimate of drug-likeness (QED) is 0.365. The summed E-state index contributed by atoms with van der Waals surface area (Å²) in [4.78, 5) is 22.5. The second-order valence-corrected chi connectivity index (χ2v) is 4.70. The number of methoxy groups -OCH3 is 1. The minimum Gasteiger partial charge on any atom is -0.466 e. The maximum atomic E-state index is 11.5. The van der Waals surface area contributed by atoms with E-state index in [2.05, 4.69) is 4.74 Å². The number of benzene rings is 1. The van der Waals surface area contributed by atoms with Crippen LogP contribution < -0.4 is 0 Å². The molecule has 0 N–H and O–H groups in total. The first-order valence-electron chi connectivity index (χ1n) is 6.10. The largest absolute Gasteiger partial charge is 0.466 e. The number of carbonyl (C=O) groups is 1. The zero-order chi connectivity index (χ0) is 14.8. The molecule has 106 valence electrons. The van der Waals surface area contributed by atoms with Crippen LogP contribution in [0.5, 0.6) is 0 Å². The average Bonchev–Trinajstić information content (AvgIpc) is 2.78. The van der Waals surface area contributed by atoms with Gasteiger partial charge < -0.3 is 9.47 Å². The Hall–Kier alpha value is -2.21. The molecule has 6 heteroatoms. The maximum Gasteiger partial charge on any atom is 0.330 e. The van der Waals surface area contributed by atoms with Gasteiger partial charge in [-0.2, -0.15) is 0 Å². The van der Waals surface area contributed by atoms with Crippen LogP contribution in [0.1, 0.15) is 18.6 Å². The summed E-state index contributed by atoms with van der Waals surface area (Å²) in [5, 5.41) is 11.5. The van der Waals surface area contributed by atoms with Crippen LogP contribution in [0, 0.1) is 10.1 Å². The molecule has 20 heavy (non-hydrogen) atoms. The normalized spacial score (nSPS) is 27.5. The summed E-state index contributed by atoms with van der Waals surface area (Å²) in [6.45, 7) is 1.50. The summed E-state index contributed by atoms with van der Waals surface area (Å²) in [5.74, 6) is -0.620. The van der Waals surface area contributed by atoms with Crippen molar-refractivity contribution in [3.05, 3.63) is 57.7 Å². The van der Waals surface area contributed by atoms with E-state index in [0.29, 0.717) is 11.1 Å². The van der Waals surface area contributed by atoms with Crippen molar-refractivity contribution < 1.29 is 19.2 Å². The van der Waals surface area contributed by atoms with Crippen molar-refractivity contribution in [3.63, 3.8) is 0 Å². The molecule has 1 heterocycles. The summed E-state index contributed by atoms with van der Waals surface area (Å²) in [7, 11) is 1.23. The standard InChI is InChI=1S/C14H15NO5/c1-14(15(17)18)11(8-12(16)19-2)9-20-13(14)10-6-4-3-5-7-10/h3-8,13H,9H2,1-2H3/b11-8+/t13-,14+/m1/s1. The first-order valence-corrected chi connectivity index (χ1v) is 6.10. The molecule has 0 radical (unpaired) electrons. The molecule has 1 aliphatic rings. The first kappa shape index (κ1) is 14.2. The fourth-order valence-electron chi connectivity index (χ4n) is 2.30. The Labute approximate surface area is 116 Å². The topological polar surface area (TPSA) is 78.7 Å². The fraction of sp³-hybridized carbons (Fsp3) is 0.357. The van der Waals surface area contributed by atoms with E-state index in [1.54, 1.807) is 24.3 Å². The highest BCUT2D eigenvalue weighted by Gasteiger charge is 2.55. The van der Waals surface area contributed by atoms with E-state index in [1.165, 1.54) is 14.0 Å². The Bertz CT molecular complexity index is 554. The smallest absolute Gasteiger partial charge is 0.330 e. The van der Waals surface area contributed by atoms with Crippen LogP contribution in [0.15, 0.2) is 42.0 Å². The Kier molecular flexibility index (Phi) is 3.85. The molecule has 0 spiro atoms. The van der Waals surface area contributed by atoms with Crippen molar-refractivity contribution in [1.82, 2.24) is 0 Å². The molecule has 0 aliphatic carbocycles. The number of nitro groups is 1. The van der Waals surface area contributed by atoms with E-state index < -0.39 is 22.5 Å². The lowest BCUT2D eigenvalue weighted by atomic mass is 9.85. The van der Waals surface area contributed by atoms with Gasteiger partial charge >= 0.3 is 5.97 Å². The highest BCUT2D eigenvalue weighted by atomic mass is 16.6. The van der Waals surface area contributed by atoms with Crippen molar-refractivity contribution in [2.45, 2.75) is 18.6 Å². The molecular formula is C14H15NO5. The van der Waals surface area contributed by atoms with E-state index >= 15 is 0 Å². The summed E-state index contributed by atoms with van der Waals surface area (Å²) in [6, 6.07) is 8.95. The summed E-state index contributed by atoms with van der Waals surface area (Å²) in [5.41, 5.74) is -0.460. The van der Waals surface area contributed by atoms with Gasteiger partial charge in [-0.25, -0.2) is 4.79 Å². The van der Waals surface area contributed by atoms with Crippen molar-refractivity contribution >= 4 is 5.97 Å². The zero-order valence-corrected chi connectivity index (χ0v) is 11.2. The SMILES string of the molecule is COC(=O)/C=C1\CO[C@H](c2ccccc2)[C@@]1(C)[N+](=O)[O-]. The lowest BCUT2D eigenvalue weighted by Crippen LogP contribution is -2.39. The molecule has 0 aromatic heterocycles. The first-order chi connectivity index (χ1) is 9.50. The van der Waals surface area contributed by atoms with E-state index in [1.807, 2.05) is 6.07 Å². The van der Waals surface area contributed by atoms with E-state index in [-0.39, 0.29) is 6.61 Å². The molecule has 1 fully saturated rings. The minimum absolute atomic E-state index is 0.0339. The van der Waals surface area contributed by atoms with Crippen LogP contribution in [0.4, 0.5) is 0 Å². The third-order valence-corrected chi connectivity index (χ3v) is 3.54. The number of ether oxygens (including phenoxy) is 2.